The minimum atomic E-state index is -0.928. The Morgan fingerprint density at radius 1 is 0.971 bits per heavy atom. The number of carboxylic acids is 1. The number of aliphatic carboxylic acids is 1. The van der Waals surface area contributed by atoms with Gasteiger partial charge in [0.2, 0.25) is 0 Å². The van der Waals surface area contributed by atoms with Gasteiger partial charge in [0.1, 0.15) is 0 Å². The van der Waals surface area contributed by atoms with E-state index in [1.807, 2.05) is 30.3 Å². The molecule has 0 saturated heterocycles. The van der Waals surface area contributed by atoms with Gasteiger partial charge in [-0.1, -0.05) is 56.3 Å². The maximum Gasteiger partial charge on any atom is 0.303 e. The van der Waals surface area contributed by atoms with Crippen LogP contribution in [0.2, 0.25) is 0 Å². The standard InChI is InChI=1S/C27H30N2O5/c1-18(2)15-23(21-7-4-3-5-8-21)29-26(32)22-16-19(10-11-20(22)12-13-25(30)31)17-28-27(33)24-9-6-14-34-24/h3-11,14,16,18,23H,12-13,15,17H2,1-2H3,(H,28,33)(H,29,32)(H,30,31). The van der Waals surface area contributed by atoms with Gasteiger partial charge in [-0.25, -0.2) is 0 Å². The molecule has 0 aliphatic carbocycles. The summed E-state index contributed by atoms with van der Waals surface area (Å²) >= 11 is 0. The van der Waals surface area contributed by atoms with Crippen molar-refractivity contribution in [1.29, 1.82) is 0 Å². The molecule has 1 atom stereocenters. The van der Waals surface area contributed by atoms with Gasteiger partial charge in [-0.3, -0.25) is 14.4 Å². The zero-order chi connectivity index (χ0) is 24.5. The van der Waals surface area contributed by atoms with E-state index in [0.29, 0.717) is 17.0 Å². The number of aryl methyl sites for hydroxylation is 1. The lowest BCUT2D eigenvalue weighted by Crippen LogP contribution is -2.30. The molecule has 0 aliphatic rings. The van der Waals surface area contributed by atoms with Crippen molar-refractivity contribution in [3.8, 4) is 0 Å². The van der Waals surface area contributed by atoms with E-state index in [0.717, 1.165) is 17.5 Å². The quantitative estimate of drug-likeness (QED) is 0.381. The van der Waals surface area contributed by atoms with Crippen LogP contribution in [0.5, 0.6) is 0 Å². The molecule has 7 heteroatoms. The topological polar surface area (TPSA) is 109 Å². The second-order valence-corrected chi connectivity index (χ2v) is 8.61. The van der Waals surface area contributed by atoms with Gasteiger partial charge in [-0.2, -0.15) is 0 Å². The van der Waals surface area contributed by atoms with Gasteiger partial charge in [0.05, 0.1) is 12.3 Å². The van der Waals surface area contributed by atoms with Crippen molar-refractivity contribution in [3.05, 3.63) is 94.9 Å². The third-order valence-corrected chi connectivity index (χ3v) is 5.44. The van der Waals surface area contributed by atoms with Gasteiger partial charge < -0.3 is 20.2 Å². The van der Waals surface area contributed by atoms with Gasteiger partial charge in [0.15, 0.2) is 5.76 Å². The van der Waals surface area contributed by atoms with Crippen molar-refractivity contribution < 1.29 is 23.9 Å². The molecule has 7 nitrogen and oxygen atoms in total. The Kier molecular flexibility index (Phi) is 8.62. The molecule has 0 spiro atoms. The maximum absolute atomic E-state index is 13.4. The van der Waals surface area contributed by atoms with E-state index in [1.165, 1.54) is 6.26 Å². The Balaban J connectivity index is 1.82. The number of amides is 2. The molecule has 0 saturated carbocycles. The summed E-state index contributed by atoms with van der Waals surface area (Å²) in [5.41, 5.74) is 2.80. The normalized spacial score (nSPS) is 11.7. The van der Waals surface area contributed by atoms with E-state index in [1.54, 1.807) is 30.3 Å². The molecule has 1 heterocycles. The van der Waals surface area contributed by atoms with Crippen LogP contribution in [-0.2, 0) is 17.8 Å². The van der Waals surface area contributed by atoms with Gasteiger partial charge in [-0.05, 0) is 53.6 Å². The largest absolute Gasteiger partial charge is 0.481 e. The highest BCUT2D eigenvalue weighted by Gasteiger charge is 2.20. The van der Waals surface area contributed by atoms with Crippen LogP contribution in [0.1, 0.15) is 70.3 Å². The number of furan rings is 1. The minimum absolute atomic E-state index is 0.0804. The Morgan fingerprint density at radius 2 is 1.74 bits per heavy atom. The lowest BCUT2D eigenvalue weighted by Gasteiger charge is -2.22. The monoisotopic (exact) mass is 462 g/mol. The van der Waals surface area contributed by atoms with E-state index in [-0.39, 0.29) is 43.0 Å². The van der Waals surface area contributed by atoms with Crippen LogP contribution in [0.15, 0.2) is 71.3 Å². The van der Waals surface area contributed by atoms with Crippen LogP contribution in [0.4, 0.5) is 0 Å². The highest BCUT2D eigenvalue weighted by Crippen LogP contribution is 2.23. The summed E-state index contributed by atoms with van der Waals surface area (Å²) < 4.78 is 5.10. The number of carbonyl (C=O) groups is 3. The maximum atomic E-state index is 13.4. The summed E-state index contributed by atoms with van der Waals surface area (Å²) in [6, 6.07) is 18.1. The first-order chi connectivity index (χ1) is 16.3. The molecule has 178 valence electrons. The summed E-state index contributed by atoms with van der Waals surface area (Å²) in [6.45, 7) is 4.40. The van der Waals surface area contributed by atoms with Crippen molar-refractivity contribution in [2.45, 2.75) is 45.7 Å². The van der Waals surface area contributed by atoms with Crippen molar-refractivity contribution >= 4 is 17.8 Å². The van der Waals surface area contributed by atoms with Crippen molar-refractivity contribution in [1.82, 2.24) is 10.6 Å². The van der Waals surface area contributed by atoms with E-state index >= 15 is 0 Å². The highest BCUT2D eigenvalue weighted by molar-refractivity contribution is 5.96. The van der Waals surface area contributed by atoms with E-state index in [4.69, 9.17) is 9.52 Å². The lowest BCUT2D eigenvalue weighted by molar-refractivity contribution is -0.136. The van der Waals surface area contributed by atoms with E-state index in [9.17, 15) is 14.4 Å². The second kappa shape index (κ2) is 11.8. The van der Waals surface area contributed by atoms with Crippen LogP contribution in [0.3, 0.4) is 0 Å². The predicted octanol–water partition coefficient (Wildman–Crippen LogP) is 4.74. The Hall–Kier alpha value is -3.87. The van der Waals surface area contributed by atoms with Crippen LogP contribution in [0.25, 0.3) is 0 Å². The summed E-state index contributed by atoms with van der Waals surface area (Å²) in [6.07, 6.45) is 2.34. The van der Waals surface area contributed by atoms with Crippen molar-refractivity contribution in [2.75, 3.05) is 0 Å². The first-order valence-electron chi connectivity index (χ1n) is 11.3. The minimum Gasteiger partial charge on any atom is -0.481 e. The third-order valence-electron chi connectivity index (χ3n) is 5.44. The number of nitrogens with one attached hydrogen (secondary N) is 2. The fraction of sp³-hybridized carbons (Fsp3) is 0.296. The Bertz CT molecular complexity index is 1110. The highest BCUT2D eigenvalue weighted by atomic mass is 16.4. The zero-order valence-corrected chi connectivity index (χ0v) is 19.4. The molecule has 3 N–H and O–H groups in total. The van der Waals surface area contributed by atoms with Gasteiger partial charge in [-0.15, -0.1) is 0 Å². The predicted molar refractivity (Wildman–Crippen MR) is 128 cm³/mol. The number of rotatable bonds is 11. The molecule has 34 heavy (non-hydrogen) atoms. The average molecular weight is 463 g/mol. The van der Waals surface area contributed by atoms with Crippen LogP contribution < -0.4 is 10.6 Å². The number of benzene rings is 2. The van der Waals surface area contributed by atoms with Gasteiger partial charge in [0.25, 0.3) is 11.8 Å². The zero-order valence-electron chi connectivity index (χ0n) is 19.4. The second-order valence-electron chi connectivity index (χ2n) is 8.61. The third kappa shape index (κ3) is 7.07. The van der Waals surface area contributed by atoms with Gasteiger partial charge in [0, 0.05) is 18.5 Å². The molecule has 0 fully saturated rings. The van der Waals surface area contributed by atoms with Crippen LogP contribution in [-0.4, -0.2) is 22.9 Å². The number of carbonyl (C=O) groups excluding carboxylic acids is 2. The fourth-order valence-electron chi connectivity index (χ4n) is 3.75. The molecule has 3 rings (SSSR count). The molecule has 1 aromatic heterocycles. The summed E-state index contributed by atoms with van der Waals surface area (Å²) in [5.74, 6) is -0.986. The first-order valence-corrected chi connectivity index (χ1v) is 11.3. The van der Waals surface area contributed by atoms with Gasteiger partial charge >= 0.3 is 5.97 Å². The molecule has 0 bridgehead atoms. The average Bonchev–Trinajstić information content (AvgIpc) is 3.36. The number of hydrogen-bond acceptors (Lipinski definition) is 4. The molecule has 0 radical (unpaired) electrons. The molecule has 3 aromatic rings. The molecule has 2 amide bonds. The molecule has 1 unspecified atom stereocenters. The summed E-state index contributed by atoms with van der Waals surface area (Å²) in [4.78, 5) is 36.7. The van der Waals surface area contributed by atoms with Crippen LogP contribution >= 0.6 is 0 Å². The number of hydrogen-bond donors (Lipinski definition) is 3. The molecular formula is C27H30N2O5. The lowest BCUT2D eigenvalue weighted by atomic mass is 9.95. The van der Waals surface area contributed by atoms with Crippen molar-refractivity contribution in [2.24, 2.45) is 5.92 Å². The fourth-order valence-corrected chi connectivity index (χ4v) is 3.75. The SMILES string of the molecule is CC(C)CC(NC(=O)c1cc(CNC(=O)c2ccco2)ccc1CCC(=O)O)c1ccccc1. The van der Waals surface area contributed by atoms with Crippen molar-refractivity contribution in [3.63, 3.8) is 0 Å². The number of carboxylic acid groups (broad SMARTS) is 1. The van der Waals surface area contributed by atoms with Crippen LogP contribution in [0, 0.1) is 5.92 Å². The molecule has 0 aliphatic heterocycles. The Labute approximate surface area is 199 Å². The summed E-state index contributed by atoms with van der Waals surface area (Å²) in [5, 5.41) is 15.0. The molecule has 2 aromatic carbocycles. The first kappa shape index (κ1) is 24.8. The summed E-state index contributed by atoms with van der Waals surface area (Å²) in [7, 11) is 0. The van der Waals surface area contributed by atoms with E-state index in [2.05, 4.69) is 24.5 Å². The Morgan fingerprint density at radius 3 is 2.38 bits per heavy atom. The van der Waals surface area contributed by atoms with E-state index < -0.39 is 5.97 Å². The smallest absolute Gasteiger partial charge is 0.303 e. The molecular weight excluding hydrogens is 432 g/mol.